The topological polar surface area (TPSA) is 50.3 Å². The molecule has 0 amide bonds. The van der Waals surface area contributed by atoms with Gasteiger partial charge in [-0.1, -0.05) is 30.9 Å². The van der Waals surface area contributed by atoms with Crippen molar-refractivity contribution in [2.75, 3.05) is 13.6 Å². The Morgan fingerprint density at radius 2 is 2.05 bits per heavy atom. The molecule has 0 radical (unpaired) electrons. The molecule has 0 aromatic carbocycles. The Kier molecular flexibility index (Phi) is 4.81. The number of nitrogens with zero attached hydrogens (tertiary/aromatic N) is 2. The molecule has 106 valence electrons. The van der Waals surface area contributed by atoms with E-state index in [1.54, 1.807) is 7.05 Å². The van der Waals surface area contributed by atoms with Crippen LogP contribution in [0.4, 0.5) is 0 Å². The molecule has 1 saturated carbocycles. The Hall–Kier alpha value is -0.650. The molecule has 1 aromatic heterocycles. The van der Waals surface area contributed by atoms with Gasteiger partial charge in [-0.05, 0) is 30.9 Å². The predicted octanol–water partition coefficient (Wildman–Crippen LogP) is 2.94. The van der Waals surface area contributed by atoms with E-state index in [1.165, 1.54) is 41.9 Å². The van der Waals surface area contributed by atoms with Gasteiger partial charge in [-0.2, -0.15) is 0 Å². The van der Waals surface area contributed by atoms with Crippen molar-refractivity contribution in [3.8, 4) is 0 Å². The largest absolute Gasteiger partial charge is 0.244 e. The fourth-order valence-corrected chi connectivity index (χ4v) is 4.06. The van der Waals surface area contributed by atoms with E-state index in [0.717, 1.165) is 12.8 Å². The van der Waals surface area contributed by atoms with Crippen LogP contribution in [0.2, 0.25) is 5.15 Å². The van der Waals surface area contributed by atoms with Gasteiger partial charge in [0.1, 0.15) is 5.15 Å². The first-order valence-corrected chi connectivity index (χ1v) is 8.40. The molecule has 1 aliphatic rings. The number of pyridine rings is 1. The fourth-order valence-electron chi connectivity index (χ4n) is 2.56. The zero-order chi connectivity index (χ0) is 13.9. The van der Waals surface area contributed by atoms with Gasteiger partial charge in [0, 0.05) is 19.8 Å². The molecular formula is C13H19ClN2O2S. The lowest BCUT2D eigenvalue weighted by molar-refractivity contribution is 0.300. The zero-order valence-electron chi connectivity index (χ0n) is 11.0. The van der Waals surface area contributed by atoms with Crippen LogP contribution in [0.25, 0.3) is 0 Å². The van der Waals surface area contributed by atoms with Gasteiger partial charge in [0.15, 0.2) is 0 Å². The summed E-state index contributed by atoms with van der Waals surface area (Å²) in [6, 6.07) is 2.88. The average molecular weight is 303 g/mol. The first-order chi connectivity index (χ1) is 9.00. The molecule has 19 heavy (non-hydrogen) atoms. The van der Waals surface area contributed by atoms with Gasteiger partial charge in [-0.15, -0.1) is 0 Å². The van der Waals surface area contributed by atoms with Crippen molar-refractivity contribution in [2.45, 2.75) is 37.0 Å². The Labute approximate surface area is 119 Å². The smallest absolute Gasteiger partial charge is 0.242 e. The van der Waals surface area contributed by atoms with E-state index in [9.17, 15) is 8.42 Å². The maximum absolute atomic E-state index is 12.4. The normalized spacial score (nSPS) is 17.8. The number of hydrogen-bond acceptors (Lipinski definition) is 3. The Morgan fingerprint density at radius 3 is 2.68 bits per heavy atom. The lowest BCUT2D eigenvalue weighted by Gasteiger charge is -2.26. The summed E-state index contributed by atoms with van der Waals surface area (Å²) in [6.07, 6.45) is 7.35. The van der Waals surface area contributed by atoms with E-state index < -0.39 is 10.0 Å². The molecule has 4 nitrogen and oxygen atoms in total. The van der Waals surface area contributed by atoms with Crippen LogP contribution in [0.1, 0.15) is 32.1 Å². The summed E-state index contributed by atoms with van der Waals surface area (Å²) in [7, 11) is -1.81. The highest BCUT2D eigenvalue weighted by Crippen LogP contribution is 2.26. The minimum atomic E-state index is -3.45. The first kappa shape index (κ1) is 14.8. The monoisotopic (exact) mass is 302 g/mol. The van der Waals surface area contributed by atoms with Gasteiger partial charge < -0.3 is 0 Å². The SMILES string of the molecule is CN(CC1CCCCC1)S(=O)(=O)c1ccnc(Cl)c1. The van der Waals surface area contributed by atoms with Crippen LogP contribution in [0.15, 0.2) is 23.2 Å². The van der Waals surface area contributed by atoms with Crippen molar-refractivity contribution in [1.29, 1.82) is 0 Å². The van der Waals surface area contributed by atoms with Gasteiger partial charge in [-0.25, -0.2) is 17.7 Å². The lowest BCUT2D eigenvalue weighted by atomic mass is 9.89. The summed E-state index contributed by atoms with van der Waals surface area (Å²) < 4.78 is 26.2. The number of halogens is 1. The minimum absolute atomic E-state index is 0.201. The summed E-state index contributed by atoms with van der Waals surface area (Å²) in [5.41, 5.74) is 0. The maximum atomic E-state index is 12.4. The fraction of sp³-hybridized carbons (Fsp3) is 0.615. The average Bonchev–Trinajstić information content (AvgIpc) is 2.40. The molecule has 0 atom stereocenters. The van der Waals surface area contributed by atoms with Gasteiger partial charge in [0.05, 0.1) is 4.90 Å². The van der Waals surface area contributed by atoms with Crippen LogP contribution in [0.3, 0.4) is 0 Å². The summed E-state index contributed by atoms with van der Waals surface area (Å²) >= 11 is 5.75. The van der Waals surface area contributed by atoms with Crippen LogP contribution in [-0.2, 0) is 10.0 Å². The minimum Gasteiger partial charge on any atom is -0.244 e. The van der Waals surface area contributed by atoms with E-state index in [1.807, 2.05) is 0 Å². The highest BCUT2D eigenvalue weighted by Gasteiger charge is 2.25. The Morgan fingerprint density at radius 1 is 1.37 bits per heavy atom. The number of aromatic nitrogens is 1. The van der Waals surface area contributed by atoms with Gasteiger partial charge >= 0.3 is 0 Å². The molecule has 0 saturated heterocycles. The van der Waals surface area contributed by atoms with Gasteiger partial charge in [-0.3, -0.25) is 0 Å². The van der Waals surface area contributed by atoms with E-state index in [4.69, 9.17) is 11.6 Å². The number of rotatable bonds is 4. The third kappa shape index (κ3) is 3.68. The standard InChI is InChI=1S/C13H19ClN2O2S/c1-16(10-11-5-3-2-4-6-11)19(17,18)12-7-8-15-13(14)9-12/h7-9,11H,2-6,10H2,1H3. The van der Waals surface area contributed by atoms with Crippen molar-refractivity contribution >= 4 is 21.6 Å². The Bertz CT molecular complexity index is 527. The van der Waals surface area contributed by atoms with E-state index in [0.29, 0.717) is 12.5 Å². The third-order valence-corrected chi connectivity index (χ3v) is 5.67. The van der Waals surface area contributed by atoms with E-state index in [2.05, 4.69) is 4.98 Å². The highest BCUT2D eigenvalue weighted by molar-refractivity contribution is 7.89. The van der Waals surface area contributed by atoms with Gasteiger partial charge in [0.25, 0.3) is 0 Å². The molecule has 1 aliphatic carbocycles. The zero-order valence-corrected chi connectivity index (χ0v) is 12.6. The second kappa shape index (κ2) is 6.20. The highest BCUT2D eigenvalue weighted by atomic mass is 35.5. The van der Waals surface area contributed by atoms with E-state index >= 15 is 0 Å². The van der Waals surface area contributed by atoms with Crippen LogP contribution in [0.5, 0.6) is 0 Å². The molecule has 6 heteroatoms. The van der Waals surface area contributed by atoms with Crippen molar-refractivity contribution in [2.24, 2.45) is 5.92 Å². The van der Waals surface area contributed by atoms with Crippen LogP contribution in [0, 0.1) is 5.92 Å². The second-order valence-electron chi connectivity index (χ2n) is 5.10. The molecule has 0 unspecified atom stereocenters. The molecule has 1 heterocycles. The maximum Gasteiger partial charge on any atom is 0.242 e. The van der Waals surface area contributed by atoms with Gasteiger partial charge in [0.2, 0.25) is 10.0 Å². The predicted molar refractivity (Wildman–Crippen MR) is 75.6 cm³/mol. The van der Waals surface area contributed by atoms with Crippen molar-refractivity contribution < 1.29 is 8.42 Å². The molecule has 0 N–H and O–H groups in total. The van der Waals surface area contributed by atoms with Crippen LogP contribution < -0.4 is 0 Å². The molecule has 1 fully saturated rings. The van der Waals surface area contributed by atoms with Crippen molar-refractivity contribution in [3.63, 3.8) is 0 Å². The summed E-state index contributed by atoms with van der Waals surface area (Å²) in [5.74, 6) is 0.478. The first-order valence-electron chi connectivity index (χ1n) is 6.58. The van der Waals surface area contributed by atoms with Crippen LogP contribution >= 0.6 is 11.6 Å². The van der Waals surface area contributed by atoms with E-state index in [-0.39, 0.29) is 10.0 Å². The number of sulfonamides is 1. The summed E-state index contributed by atoms with van der Waals surface area (Å²) in [5, 5.41) is 0.201. The summed E-state index contributed by atoms with van der Waals surface area (Å²) in [6.45, 7) is 0.586. The molecular weight excluding hydrogens is 284 g/mol. The lowest BCUT2D eigenvalue weighted by Crippen LogP contribution is -2.32. The van der Waals surface area contributed by atoms with Crippen molar-refractivity contribution in [3.05, 3.63) is 23.5 Å². The molecule has 0 spiro atoms. The second-order valence-corrected chi connectivity index (χ2v) is 7.54. The number of hydrogen-bond donors (Lipinski definition) is 0. The molecule has 2 rings (SSSR count). The van der Waals surface area contributed by atoms with Crippen molar-refractivity contribution in [1.82, 2.24) is 9.29 Å². The molecule has 0 aliphatic heterocycles. The quantitative estimate of drug-likeness (QED) is 0.804. The molecule has 0 bridgehead atoms. The summed E-state index contributed by atoms with van der Waals surface area (Å²) in [4.78, 5) is 4.02. The Balaban J connectivity index is 2.10. The third-order valence-electron chi connectivity index (χ3n) is 3.65. The van der Waals surface area contributed by atoms with Crippen LogP contribution in [-0.4, -0.2) is 31.3 Å². The molecule has 1 aromatic rings.